The molecule has 0 saturated heterocycles. The van der Waals surface area contributed by atoms with E-state index in [4.69, 9.17) is 4.74 Å². The van der Waals surface area contributed by atoms with E-state index in [1.807, 2.05) is 23.9 Å². The Labute approximate surface area is 124 Å². The van der Waals surface area contributed by atoms with Crippen molar-refractivity contribution in [3.8, 4) is 5.75 Å². The topological polar surface area (TPSA) is 39.1 Å². The van der Waals surface area contributed by atoms with Gasteiger partial charge in [0.15, 0.2) is 5.75 Å². The van der Waals surface area contributed by atoms with E-state index < -0.39 is 0 Å². The van der Waals surface area contributed by atoms with Gasteiger partial charge in [-0.15, -0.1) is 0 Å². The van der Waals surface area contributed by atoms with Crippen LogP contribution in [0.3, 0.4) is 0 Å². The Morgan fingerprint density at radius 2 is 2.19 bits per heavy atom. The summed E-state index contributed by atoms with van der Waals surface area (Å²) in [5.74, 6) is 0.427. The maximum atomic E-state index is 13.8. The molecule has 0 bridgehead atoms. The maximum absolute atomic E-state index is 13.8. The second-order valence-electron chi connectivity index (χ2n) is 4.93. The largest absolute Gasteiger partial charge is 0.486 e. The number of halogens is 1. The zero-order valence-corrected chi connectivity index (χ0v) is 12.6. The van der Waals surface area contributed by atoms with Gasteiger partial charge in [-0.3, -0.25) is 4.68 Å². The third kappa shape index (κ3) is 4.56. The van der Waals surface area contributed by atoms with Gasteiger partial charge in [0.25, 0.3) is 0 Å². The molecule has 0 fully saturated rings. The number of aryl methyl sites for hydroxylation is 1. The minimum Gasteiger partial charge on any atom is -0.486 e. The highest BCUT2D eigenvalue weighted by Crippen LogP contribution is 2.15. The van der Waals surface area contributed by atoms with Crippen molar-refractivity contribution in [2.45, 2.75) is 40.0 Å². The number of nitrogens with zero attached hydrogens (tertiary/aromatic N) is 2. The van der Waals surface area contributed by atoms with Crippen LogP contribution in [-0.2, 0) is 19.7 Å². The molecule has 0 amide bonds. The normalized spacial score (nSPS) is 10.8. The summed E-state index contributed by atoms with van der Waals surface area (Å²) in [4.78, 5) is 0. The third-order valence-electron chi connectivity index (χ3n) is 3.15. The van der Waals surface area contributed by atoms with E-state index in [9.17, 15) is 4.39 Å². The predicted octanol–water partition coefficient (Wildman–Crippen LogP) is 3.12. The summed E-state index contributed by atoms with van der Waals surface area (Å²) < 4.78 is 21.2. The molecule has 114 valence electrons. The van der Waals surface area contributed by atoms with Crippen LogP contribution >= 0.6 is 0 Å². The summed E-state index contributed by atoms with van der Waals surface area (Å²) in [5.41, 5.74) is 1.62. The van der Waals surface area contributed by atoms with Crippen LogP contribution in [0.25, 0.3) is 0 Å². The number of benzene rings is 1. The average molecular weight is 291 g/mol. The van der Waals surface area contributed by atoms with Crippen LogP contribution in [0.2, 0.25) is 0 Å². The lowest BCUT2D eigenvalue weighted by Gasteiger charge is -2.08. The van der Waals surface area contributed by atoms with Crippen molar-refractivity contribution in [2.75, 3.05) is 6.54 Å². The smallest absolute Gasteiger partial charge is 0.157 e. The molecule has 0 aliphatic heterocycles. The van der Waals surface area contributed by atoms with E-state index in [-0.39, 0.29) is 12.4 Å². The van der Waals surface area contributed by atoms with E-state index in [1.54, 1.807) is 12.3 Å². The molecule has 0 saturated carbocycles. The van der Waals surface area contributed by atoms with Crippen LogP contribution < -0.4 is 10.1 Å². The molecule has 1 heterocycles. The molecule has 0 aliphatic rings. The van der Waals surface area contributed by atoms with Crippen molar-refractivity contribution in [3.05, 3.63) is 47.5 Å². The van der Waals surface area contributed by atoms with Crippen LogP contribution in [0.15, 0.2) is 30.6 Å². The Morgan fingerprint density at radius 1 is 1.33 bits per heavy atom. The van der Waals surface area contributed by atoms with Gasteiger partial charge in [-0.1, -0.05) is 19.9 Å². The Kier molecular flexibility index (Phi) is 5.75. The molecule has 4 nitrogen and oxygen atoms in total. The molecule has 0 atom stereocenters. The first kappa shape index (κ1) is 15.5. The number of ether oxygens (including phenoxy) is 1. The molecule has 5 heteroatoms. The number of hydrogen-bond donors (Lipinski definition) is 1. The SMILES string of the molecule is CCCn1cc(OCc2cc(CNCC)ccc2F)cn1. The van der Waals surface area contributed by atoms with Gasteiger partial charge in [0.05, 0.1) is 12.4 Å². The first-order valence-electron chi connectivity index (χ1n) is 7.36. The van der Waals surface area contributed by atoms with E-state index in [0.717, 1.165) is 31.6 Å². The molecular formula is C16H22FN3O. The summed E-state index contributed by atoms with van der Waals surface area (Å²) in [6.45, 7) is 6.83. The van der Waals surface area contributed by atoms with Crippen molar-refractivity contribution in [2.24, 2.45) is 0 Å². The summed E-state index contributed by atoms with van der Waals surface area (Å²) >= 11 is 0. The van der Waals surface area contributed by atoms with E-state index in [1.165, 1.54) is 6.07 Å². The lowest BCUT2D eigenvalue weighted by Crippen LogP contribution is -2.12. The van der Waals surface area contributed by atoms with E-state index in [0.29, 0.717) is 11.3 Å². The van der Waals surface area contributed by atoms with E-state index in [2.05, 4.69) is 17.3 Å². The van der Waals surface area contributed by atoms with Gasteiger partial charge in [-0.2, -0.15) is 5.10 Å². The maximum Gasteiger partial charge on any atom is 0.157 e. The quantitative estimate of drug-likeness (QED) is 0.812. The summed E-state index contributed by atoms with van der Waals surface area (Å²) in [6, 6.07) is 5.13. The molecule has 1 aromatic heterocycles. The van der Waals surface area contributed by atoms with Crippen molar-refractivity contribution >= 4 is 0 Å². The van der Waals surface area contributed by atoms with Gasteiger partial charge in [-0.05, 0) is 30.7 Å². The van der Waals surface area contributed by atoms with Crippen LogP contribution in [0.5, 0.6) is 5.75 Å². The summed E-state index contributed by atoms with van der Waals surface area (Å²) in [6.07, 6.45) is 4.52. The Morgan fingerprint density at radius 3 is 2.95 bits per heavy atom. The monoisotopic (exact) mass is 291 g/mol. The predicted molar refractivity (Wildman–Crippen MR) is 80.6 cm³/mol. The zero-order chi connectivity index (χ0) is 15.1. The van der Waals surface area contributed by atoms with Crippen LogP contribution in [0.1, 0.15) is 31.4 Å². The average Bonchev–Trinajstić information content (AvgIpc) is 2.93. The third-order valence-corrected chi connectivity index (χ3v) is 3.15. The molecule has 0 spiro atoms. The van der Waals surface area contributed by atoms with Crippen LogP contribution in [-0.4, -0.2) is 16.3 Å². The van der Waals surface area contributed by atoms with Gasteiger partial charge >= 0.3 is 0 Å². The van der Waals surface area contributed by atoms with Crippen molar-refractivity contribution in [3.63, 3.8) is 0 Å². The molecule has 2 aromatic rings. The Hall–Kier alpha value is -1.88. The minimum absolute atomic E-state index is 0.212. The highest BCUT2D eigenvalue weighted by molar-refractivity contribution is 5.25. The number of rotatable bonds is 8. The lowest BCUT2D eigenvalue weighted by atomic mass is 10.1. The van der Waals surface area contributed by atoms with Crippen LogP contribution in [0, 0.1) is 5.82 Å². The van der Waals surface area contributed by atoms with Gasteiger partial charge in [-0.25, -0.2) is 4.39 Å². The zero-order valence-electron chi connectivity index (χ0n) is 12.6. The fourth-order valence-corrected chi connectivity index (χ4v) is 2.05. The lowest BCUT2D eigenvalue weighted by molar-refractivity contribution is 0.299. The van der Waals surface area contributed by atoms with Crippen molar-refractivity contribution < 1.29 is 9.13 Å². The first-order valence-corrected chi connectivity index (χ1v) is 7.36. The van der Waals surface area contributed by atoms with Crippen molar-refractivity contribution in [1.82, 2.24) is 15.1 Å². The second-order valence-corrected chi connectivity index (χ2v) is 4.93. The standard InChI is InChI=1S/C16H22FN3O/c1-3-7-20-11-15(10-19-20)21-12-14-8-13(9-18-4-2)5-6-16(14)17/h5-6,8,10-11,18H,3-4,7,9,12H2,1-2H3. The van der Waals surface area contributed by atoms with Gasteiger partial charge in [0.1, 0.15) is 12.4 Å². The van der Waals surface area contributed by atoms with E-state index >= 15 is 0 Å². The number of aromatic nitrogens is 2. The number of hydrogen-bond acceptors (Lipinski definition) is 3. The fourth-order valence-electron chi connectivity index (χ4n) is 2.05. The highest BCUT2D eigenvalue weighted by Gasteiger charge is 2.06. The van der Waals surface area contributed by atoms with Crippen LogP contribution in [0.4, 0.5) is 4.39 Å². The number of nitrogens with one attached hydrogen (secondary N) is 1. The molecule has 2 rings (SSSR count). The molecule has 21 heavy (non-hydrogen) atoms. The molecule has 0 unspecified atom stereocenters. The van der Waals surface area contributed by atoms with Crippen molar-refractivity contribution in [1.29, 1.82) is 0 Å². The highest BCUT2D eigenvalue weighted by atomic mass is 19.1. The summed E-state index contributed by atoms with van der Waals surface area (Å²) in [7, 11) is 0. The molecule has 1 N–H and O–H groups in total. The van der Waals surface area contributed by atoms with Gasteiger partial charge in [0.2, 0.25) is 0 Å². The fraction of sp³-hybridized carbons (Fsp3) is 0.438. The minimum atomic E-state index is -0.240. The Balaban J connectivity index is 1.97. The second kappa shape index (κ2) is 7.78. The van der Waals surface area contributed by atoms with Gasteiger partial charge in [0, 0.05) is 18.7 Å². The Bertz CT molecular complexity index is 568. The van der Waals surface area contributed by atoms with Gasteiger partial charge < -0.3 is 10.1 Å². The first-order chi connectivity index (χ1) is 10.2. The molecular weight excluding hydrogens is 269 g/mol. The molecule has 0 radical (unpaired) electrons. The molecule has 0 aliphatic carbocycles. The molecule has 1 aromatic carbocycles. The summed E-state index contributed by atoms with van der Waals surface area (Å²) in [5, 5.41) is 7.41.